The van der Waals surface area contributed by atoms with Crippen LogP contribution in [0.3, 0.4) is 0 Å². The normalized spacial score (nSPS) is 11.3. The van der Waals surface area contributed by atoms with E-state index in [1.165, 1.54) is 19.2 Å². The van der Waals surface area contributed by atoms with Crippen LogP contribution in [0.15, 0.2) is 42.6 Å². The lowest BCUT2D eigenvalue weighted by molar-refractivity contribution is -0.137. The fourth-order valence-electron chi connectivity index (χ4n) is 2.00. The van der Waals surface area contributed by atoms with Crippen molar-refractivity contribution in [3.05, 3.63) is 59.3 Å². The second-order valence-electron chi connectivity index (χ2n) is 4.79. The number of ether oxygens (including phenoxy) is 1. The van der Waals surface area contributed by atoms with Crippen molar-refractivity contribution in [2.45, 2.75) is 19.0 Å². The zero-order valence-corrected chi connectivity index (χ0v) is 11.9. The highest BCUT2D eigenvalue weighted by Gasteiger charge is 2.29. The van der Waals surface area contributed by atoms with E-state index in [0.29, 0.717) is 11.4 Å². The van der Waals surface area contributed by atoms with Crippen LogP contribution in [-0.4, -0.2) is 17.9 Å². The summed E-state index contributed by atoms with van der Waals surface area (Å²) in [6, 6.07) is 7.98. The van der Waals surface area contributed by atoms with Crippen molar-refractivity contribution in [3.63, 3.8) is 0 Å². The lowest BCUT2D eigenvalue weighted by atomic mass is 10.0. The van der Waals surface area contributed by atoms with Crippen LogP contribution >= 0.6 is 0 Å². The van der Waals surface area contributed by atoms with Crippen LogP contribution in [0.4, 0.5) is 13.2 Å². The molecule has 0 spiro atoms. The van der Waals surface area contributed by atoms with Crippen molar-refractivity contribution in [1.29, 1.82) is 0 Å². The van der Waals surface area contributed by atoms with Crippen molar-refractivity contribution in [2.75, 3.05) is 7.11 Å². The van der Waals surface area contributed by atoms with Crippen LogP contribution in [0.2, 0.25) is 0 Å². The summed E-state index contributed by atoms with van der Waals surface area (Å²) in [5.74, 6) is 0.327. The zero-order valence-electron chi connectivity index (χ0n) is 11.9. The molecule has 2 aromatic rings. The van der Waals surface area contributed by atoms with E-state index in [1.807, 2.05) is 0 Å². The number of carbonyl (C=O) groups excluding carboxylic acids is 1. The predicted molar refractivity (Wildman–Crippen MR) is 74.6 cm³/mol. The molecule has 0 aliphatic carbocycles. The maximum atomic E-state index is 12.5. The van der Waals surface area contributed by atoms with Gasteiger partial charge in [0.1, 0.15) is 5.78 Å². The molecule has 0 atom stereocenters. The van der Waals surface area contributed by atoms with E-state index in [2.05, 4.69) is 4.98 Å². The molecule has 0 N–H and O–H groups in total. The number of methoxy groups -OCH3 is 1. The van der Waals surface area contributed by atoms with Crippen molar-refractivity contribution in [3.8, 4) is 5.88 Å². The molecule has 22 heavy (non-hydrogen) atoms. The Bertz CT molecular complexity index is 651. The monoisotopic (exact) mass is 309 g/mol. The number of alkyl halides is 3. The first-order valence-electron chi connectivity index (χ1n) is 6.55. The van der Waals surface area contributed by atoms with Gasteiger partial charge in [0, 0.05) is 25.1 Å². The Morgan fingerprint density at radius 2 is 1.73 bits per heavy atom. The number of pyridine rings is 1. The zero-order chi connectivity index (χ0) is 16.2. The van der Waals surface area contributed by atoms with E-state index in [0.717, 1.165) is 17.7 Å². The third-order valence-corrected chi connectivity index (χ3v) is 3.09. The van der Waals surface area contributed by atoms with Crippen molar-refractivity contribution >= 4 is 5.78 Å². The number of hydrogen-bond donors (Lipinski definition) is 0. The highest BCUT2D eigenvalue weighted by molar-refractivity contribution is 5.83. The van der Waals surface area contributed by atoms with E-state index >= 15 is 0 Å². The molecule has 0 radical (unpaired) electrons. The van der Waals surface area contributed by atoms with Gasteiger partial charge in [-0.15, -0.1) is 0 Å². The first-order valence-corrected chi connectivity index (χ1v) is 6.55. The minimum Gasteiger partial charge on any atom is -0.481 e. The van der Waals surface area contributed by atoms with Crippen LogP contribution in [-0.2, 0) is 23.8 Å². The first kappa shape index (κ1) is 16.0. The fourth-order valence-corrected chi connectivity index (χ4v) is 2.00. The number of nitrogens with zero attached hydrogens (tertiary/aromatic N) is 1. The summed E-state index contributed by atoms with van der Waals surface area (Å²) in [5, 5.41) is 0. The Labute approximate surface area is 125 Å². The number of carbonyl (C=O) groups is 1. The summed E-state index contributed by atoms with van der Waals surface area (Å²) in [4.78, 5) is 15.9. The van der Waals surface area contributed by atoms with Gasteiger partial charge in [-0.25, -0.2) is 4.98 Å². The maximum absolute atomic E-state index is 12.5. The fraction of sp³-hybridized carbons (Fsp3) is 0.250. The van der Waals surface area contributed by atoms with Gasteiger partial charge >= 0.3 is 6.18 Å². The third-order valence-electron chi connectivity index (χ3n) is 3.09. The molecule has 0 bridgehead atoms. The Balaban J connectivity index is 1.99. The van der Waals surface area contributed by atoms with Gasteiger partial charge in [-0.05, 0) is 29.3 Å². The number of aromatic nitrogens is 1. The van der Waals surface area contributed by atoms with Crippen LogP contribution in [0.1, 0.15) is 16.7 Å². The molecular formula is C16H14F3NO2. The molecule has 2 rings (SSSR count). The Kier molecular flexibility index (Phi) is 4.80. The molecule has 1 heterocycles. The van der Waals surface area contributed by atoms with Gasteiger partial charge in [0.25, 0.3) is 0 Å². The van der Waals surface area contributed by atoms with E-state index in [9.17, 15) is 18.0 Å². The summed E-state index contributed by atoms with van der Waals surface area (Å²) >= 11 is 0. The van der Waals surface area contributed by atoms with E-state index < -0.39 is 11.7 Å². The van der Waals surface area contributed by atoms with Gasteiger partial charge in [-0.3, -0.25) is 4.79 Å². The lowest BCUT2D eigenvalue weighted by Crippen LogP contribution is -2.08. The third kappa shape index (κ3) is 4.31. The Morgan fingerprint density at radius 3 is 2.32 bits per heavy atom. The molecule has 3 nitrogen and oxygen atoms in total. The second kappa shape index (κ2) is 6.60. The Morgan fingerprint density at radius 1 is 1.09 bits per heavy atom. The second-order valence-corrected chi connectivity index (χ2v) is 4.79. The summed E-state index contributed by atoms with van der Waals surface area (Å²) in [5.41, 5.74) is 0.588. The molecule has 0 fully saturated rings. The minimum atomic E-state index is -4.36. The first-order chi connectivity index (χ1) is 10.4. The quantitative estimate of drug-likeness (QED) is 0.849. The summed E-state index contributed by atoms with van der Waals surface area (Å²) in [6.45, 7) is 0. The van der Waals surface area contributed by atoms with E-state index in [4.69, 9.17) is 4.74 Å². The average Bonchev–Trinajstić information content (AvgIpc) is 2.47. The topological polar surface area (TPSA) is 39.2 Å². The van der Waals surface area contributed by atoms with Gasteiger partial charge in [0.05, 0.1) is 12.7 Å². The highest BCUT2D eigenvalue weighted by atomic mass is 19.4. The SMILES string of the molecule is COc1cc(CC(=O)Cc2ccc(C(F)(F)F)cc2)ccn1. The number of benzene rings is 1. The van der Waals surface area contributed by atoms with Crippen LogP contribution in [0.5, 0.6) is 5.88 Å². The van der Waals surface area contributed by atoms with Gasteiger partial charge in [-0.2, -0.15) is 13.2 Å². The van der Waals surface area contributed by atoms with Gasteiger partial charge < -0.3 is 4.74 Å². The molecule has 0 saturated carbocycles. The molecule has 1 aromatic heterocycles. The van der Waals surface area contributed by atoms with Gasteiger partial charge in [-0.1, -0.05) is 12.1 Å². The smallest absolute Gasteiger partial charge is 0.416 e. The molecular weight excluding hydrogens is 295 g/mol. The molecule has 0 amide bonds. The van der Waals surface area contributed by atoms with E-state index in [-0.39, 0.29) is 18.6 Å². The van der Waals surface area contributed by atoms with Crippen molar-refractivity contribution < 1.29 is 22.7 Å². The summed E-state index contributed by atoms with van der Waals surface area (Å²) in [6.07, 6.45) is -2.56. The average molecular weight is 309 g/mol. The predicted octanol–water partition coefficient (Wildman–Crippen LogP) is 3.46. The van der Waals surface area contributed by atoms with Gasteiger partial charge in [0.2, 0.25) is 5.88 Å². The number of rotatable bonds is 5. The molecule has 116 valence electrons. The molecule has 6 heteroatoms. The summed E-state index contributed by atoms with van der Waals surface area (Å²) < 4.78 is 42.3. The van der Waals surface area contributed by atoms with Crippen molar-refractivity contribution in [1.82, 2.24) is 4.98 Å². The summed E-state index contributed by atoms with van der Waals surface area (Å²) in [7, 11) is 1.48. The number of halogens is 3. The van der Waals surface area contributed by atoms with Crippen LogP contribution in [0.25, 0.3) is 0 Å². The van der Waals surface area contributed by atoms with E-state index in [1.54, 1.807) is 18.3 Å². The van der Waals surface area contributed by atoms with Crippen molar-refractivity contribution in [2.24, 2.45) is 0 Å². The molecule has 0 unspecified atom stereocenters. The largest absolute Gasteiger partial charge is 0.481 e. The highest BCUT2D eigenvalue weighted by Crippen LogP contribution is 2.29. The molecule has 1 aromatic carbocycles. The molecule has 0 aliphatic heterocycles. The lowest BCUT2D eigenvalue weighted by Gasteiger charge is -2.07. The Hall–Kier alpha value is -2.37. The van der Waals surface area contributed by atoms with Crippen LogP contribution in [0, 0.1) is 0 Å². The molecule has 0 saturated heterocycles. The van der Waals surface area contributed by atoms with Crippen LogP contribution < -0.4 is 4.74 Å². The van der Waals surface area contributed by atoms with Gasteiger partial charge in [0.15, 0.2) is 0 Å². The maximum Gasteiger partial charge on any atom is 0.416 e. The minimum absolute atomic E-state index is 0.0861. The number of Topliss-reactive ketones (excluding diaryl/α,β-unsaturated/α-hetero) is 1. The standard InChI is InChI=1S/C16H14F3NO2/c1-22-15-10-12(6-7-20-15)9-14(21)8-11-2-4-13(5-3-11)16(17,18)19/h2-7,10H,8-9H2,1H3. The molecule has 0 aliphatic rings. The number of ketones is 1. The number of hydrogen-bond acceptors (Lipinski definition) is 3.